The van der Waals surface area contributed by atoms with Crippen molar-refractivity contribution in [2.45, 2.75) is 19.4 Å². The monoisotopic (exact) mass is 301 g/mol. The van der Waals surface area contributed by atoms with Gasteiger partial charge in [-0.1, -0.05) is 6.07 Å². The van der Waals surface area contributed by atoms with Gasteiger partial charge in [0.1, 0.15) is 0 Å². The number of carbonyl (C=O) groups excluding carboxylic acids is 1. The molecule has 0 saturated carbocycles. The number of quaternary nitrogens is 1. The van der Waals surface area contributed by atoms with Crippen molar-refractivity contribution in [3.05, 3.63) is 30.0 Å². The molecule has 1 atom stereocenters. The Balaban J connectivity index is 1.92. The zero-order valence-electron chi connectivity index (χ0n) is 13.8. The summed E-state index contributed by atoms with van der Waals surface area (Å²) in [5.41, 5.74) is 3.76. The number of fused-ring (bicyclic) bond motifs is 1. The zero-order chi connectivity index (χ0) is 15.9. The van der Waals surface area contributed by atoms with Gasteiger partial charge in [0.05, 0.1) is 43.8 Å². The standard InChI is InChI=1S/C17H24N4O/c1-5-21(3,4)16-11-18-15-7-6-12(9-14(15)16)8-13-10-19-17(22)20(13)2/h6-7,9,11,13,18H,5,8,10H2,1-4H3/p+1. The fourth-order valence-electron chi connectivity index (χ4n) is 3.06. The molecule has 118 valence electrons. The highest BCUT2D eigenvalue weighted by Crippen LogP contribution is 2.30. The summed E-state index contributed by atoms with van der Waals surface area (Å²) in [6.45, 7) is 3.97. The van der Waals surface area contributed by atoms with E-state index >= 15 is 0 Å². The largest absolute Gasteiger partial charge is 0.356 e. The lowest BCUT2D eigenvalue weighted by molar-refractivity contribution is 0.216. The van der Waals surface area contributed by atoms with Crippen LogP contribution in [0.15, 0.2) is 24.4 Å². The lowest BCUT2D eigenvalue weighted by Crippen LogP contribution is -2.39. The molecule has 1 unspecified atom stereocenters. The first-order valence-electron chi connectivity index (χ1n) is 7.86. The molecule has 1 saturated heterocycles. The van der Waals surface area contributed by atoms with Gasteiger partial charge in [0.2, 0.25) is 0 Å². The van der Waals surface area contributed by atoms with Crippen LogP contribution in [-0.2, 0) is 6.42 Å². The first-order chi connectivity index (χ1) is 10.4. The highest BCUT2D eigenvalue weighted by molar-refractivity contribution is 5.92. The van der Waals surface area contributed by atoms with E-state index in [0.29, 0.717) is 0 Å². The molecular formula is C17H25N4O+. The molecule has 1 fully saturated rings. The Kier molecular flexibility index (Phi) is 3.60. The average Bonchev–Trinajstić information content (AvgIpc) is 3.06. The maximum Gasteiger partial charge on any atom is 0.317 e. The van der Waals surface area contributed by atoms with Gasteiger partial charge in [-0.05, 0) is 31.0 Å². The van der Waals surface area contributed by atoms with E-state index in [9.17, 15) is 4.79 Å². The molecule has 3 rings (SSSR count). The summed E-state index contributed by atoms with van der Waals surface area (Å²) in [5.74, 6) is 0. The van der Waals surface area contributed by atoms with E-state index in [2.05, 4.69) is 55.7 Å². The molecule has 2 amide bonds. The Morgan fingerprint density at radius 1 is 1.36 bits per heavy atom. The minimum absolute atomic E-state index is 0.0252. The summed E-state index contributed by atoms with van der Waals surface area (Å²) in [6, 6.07) is 6.84. The summed E-state index contributed by atoms with van der Waals surface area (Å²) in [7, 11) is 6.32. The Morgan fingerprint density at radius 2 is 2.14 bits per heavy atom. The van der Waals surface area contributed by atoms with Gasteiger partial charge >= 0.3 is 6.03 Å². The molecular weight excluding hydrogens is 276 g/mol. The highest BCUT2D eigenvalue weighted by atomic mass is 16.2. The number of carbonyl (C=O) groups is 1. The summed E-state index contributed by atoms with van der Waals surface area (Å²) in [6.07, 6.45) is 3.00. The third-order valence-electron chi connectivity index (χ3n) is 5.00. The van der Waals surface area contributed by atoms with Crippen LogP contribution in [0, 0.1) is 0 Å². The quantitative estimate of drug-likeness (QED) is 0.837. The van der Waals surface area contributed by atoms with E-state index in [1.54, 1.807) is 4.90 Å². The van der Waals surface area contributed by atoms with Gasteiger partial charge in [0, 0.05) is 13.6 Å². The van der Waals surface area contributed by atoms with E-state index in [-0.39, 0.29) is 12.1 Å². The number of likely N-dealkylation sites (N-methyl/N-ethyl adjacent to an activating group) is 1. The van der Waals surface area contributed by atoms with Crippen molar-refractivity contribution in [2.75, 3.05) is 34.2 Å². The number of aromatic nitrogens is 1. The van der Waals surface area contributed by atoms with Gasteiger partial charge < -0.3 is 15.2 Å². The van der Waals surface area contributed by atoms with Crippen LogP contribution < -0.4 is 9.80 Å². The van der Waals surface area contributed by atoms with Gasteiger partial charge in [-0.15, -0.1) is 0 Å². The van der Waals surface area contributed by atoms with Gasteiger partial charge in [-0.2, -0.15) is 0 Å². The molecule has 22 heavy (non-hydrogen) atoms. The maximum atomic E-state index is 11.6. The van der Waals surface area contributed by atoms with E-state index < -0.39 is 0 Å². The van der Waals surface area contributed by atoms with E-state index in [1.165, 1.54) is 22.2 Å². The lowest BCUT2D eigenvalue weighted by atomic mass is 10.0. The summed E-state index contributed by atoms with van der Waals surface area (Å²) >= 11 is 0. The SMILES string of the molecule is CC[N+](C)(C)c1c[nH]c2ccc(CC3CNC(=O)N3C)cc12. The number of hydrogen-bond donors (Lipinski definition) is 2. The molecule has 1 aromatic carbocycles. The highest BCUT2D eigenvalue weighted by Gasteiger charge is 2.27. The van der Waals surface area contributed by atoms with Crippen LogP contribution in [0.25, 0.3) is 10.9 Å². The number of nitrogens with zero attached hydrogens (tertiary/aromatic N) is 2. The smallest absolute Gasteiger partial charge is 0.317 e. The number of benzene rings is 1. The van der Waals surface area contributed by atoms with Crippen molar-refractivity contribution in [3.8, 4) is 0 Å². The molecule has 2 heterocycles. The maximum absolute atomic E-state index is 11.6. The zero-order valence-corrected chi connectivity index (χ0v) is 13.8. The van der Waals surface area contributed by atoms with E-state index in [4.69, 9.17) is 0 Å². The molecule has 0 bridgehead atoms. The molecule has 5 nitrogen and oxygen atoms in total. The number of rotatable bonds is 4. The van der Waals surface area contributed by atoms with Crippen molar-refractivity contribution >= 4 is 22.6 Å². The van der Waals surface area contributed by atoms with Crippen LogP contribution in [0.4, 0.5) is 10.5 Å². The summed E-state index contributed by atoms with van der Waals surface area (Å²) < 4.78 is 0.854. The van der Waals surface area contributed by atoms with Crippen molar-refractivity contribution < 1.29 is 4.79 Å². The van der Waals surface area contributed by atoms with Crippen molar-refractivity contribution in [1.29, 1.82) is 0 Å². The molecule has 5 heteroatoms. The number of nitrogens with one attached hydrogen (secondary N) is 2. The van der Waals surface area contributed by atoms with Crippen LogP contribution in [0.3, 0.4) is 0 Å². The molecule has 0 spiro atoms. The van der Waals surface area contributed by atoms with Crippen LogP contribution in [0.1, 0.15) is 12.5 Å². The summed E-state index contributed by atoms with van der Waals surface area (Å²) in [4.78, 5) is 16.8. The van der Waals surface area contributed by atoms with Gasteiger partial charge in [0.25, 0.3) is 0 Å². The number of hydrogen-bond acceptors (Lipinski definition) is 1. The van der Waals surface area contributed by atoms with Crippen molar-refractivity contribution in [2.24, 2.45) is 0 Å². The summed E-state index contributed by atoms with van der Waals surface area (Å²) in [5, 5.41) is 4.18. The minimum Gasteiger partial charge on any atom is -0.356 e. The lowest BCUT2D eigenvalue weighted by Gasteiger charge is -2.26. The molecule has 1 aromatic heterocycles. The number of H-pyrrole nitrogens is 1. The second-order valence-electron chi connectivity index (χ2n) is 6.71. The molecule has 1 aliphatic rings. The van der Waals surface area contributed by atoms with Crippen molar-refractivity contribution in [3.63, 3.8) is 0 Å². The minimum atomic E-state index is 0.0252. The van der Waals surface area contributed by atoms with E-state index in [0.717, 1.165) is 24.0 Å². The molecule has 1 aliphatic heterocycles. The third kappa shape index (κ3) is 2.46. The number of urea groups is 1. The van der Waals surface area contributed by atoms with Crippen molar-refractivity contribution in [1.82, 2.24) is 19.7 Å². The number of amides is 2. The van der Waals surface area contributed by atoms with E-state index in [1.807, 2.05) is 7.05 Å². The third-order valence-corrected chi connectivity index (χ3v) is 5.00. The first kappa shape index (κ1) is 14.9. The fraction of sp³-hybridized carbons (Fsp3) is 0.471. The number of aromatic amines is 1. The van der Waals surface area contributed by atoms with Crippen LogP contribution >= 0.6 is 0 Å². The molecule has 0 aliphatic carbocycles. The molecule has 2 aromatic rings. The van der Waals surface area contributed by atoms with Gasteiger partial charge in [-0.25, -0.2) is 4.79 Å². The average molecular weight is 301 g/mol. The Hall–Kier alpha value is -2.01. The van der Waals surface area contributed by atoms with Crippen LogP contribution in [0.2, 0.25) is 0 Å². The Bertz CT molecular complexity index is 704. The van der Waals surface area contributed by atoms with Crippen LogP contribution in [0.5, 0.6) is 0 Å². The second-order valence-corrected chi connectivity index (χ2v) is 6.71. The van der Waals surface area contributed by atoms with Gasteiger partial charge in [-0.3, -0.25) is 4.48 Å². The Morgan fingerprint density at radius 3 is 2.77 bits per heavy atom. The normalized spacial score (nSPS) is 19.0. The molecule has 0 radical (unpaired) electrons. The second kappa shape index (κ2) is 5.32. The Labute approximate surface area is 131 Å². The van der Waals surface area contributed by atoms with Gasteiger partial charge in [0.15, 0.2) is 5.69 Å². The predicted molar refractivity (Wildman–Crippen MR) is 91.1 cm³/mol. The van der Waals surface area contributed by atoms with Crippen LogP contribution in [-0.4, -0.2) is 56.2 Å². The molecule has 2 N–H and O–H groups in total. The topological polar surface area (TPSA) is 48.1 Å². The first-order valence-corrected chi connectivity index (χ1v) is 7.86. The predicted octanol–water partition coefficient (Wildman–Crippen LogP) is 2.32. The fourth-order valence-corrected chi connectivity index (χ4v) is 3.06.